The van der Waals surface area contributed by atoms with E-state index in [2.05, 4.69) is 50.3 Å². The van der Waals surface area contributed by atoms with Crippen LogP contribution in [-0.2, 0) is 14.3 Å². The molecule has 4 nitrogen and oxygen atoms in total. The van der Waals surface area contributed by atoms with Gasteiger partial charge >= 0.3 is 11.9 Å². The van der Waals surface area contributed by atoms with Crippen LogP contribution in [0.5, 0.6) is 0 Å². The third-order valence-corrected chi connectivity index (χ3v) is 6.64. The molecule has 0 aliphatic heterocycles. The number of rotatable bonds is 27. The maximum atomic E-state index is 12.3. The maximum absolute atomic E-state index is 12.3. The molecule has 0 heterocycles. The molecule has 0 aromatic heterocycles. The van der Waals surface area contributed by atoms with Gasteiger partial charge in [-0.2, -0.15) is 0 Å². The van der Waals surface area contributed by atoms with Gasteiger partial charge in [-0.05, 0) is 57.8 Å². The van der Waals surface area contributed by atoms with Crippen LogP contribution < -0.4 is 0 Å². The van der Waals surface area contributed by atoms with Gasteiger partial charge in [0.2, 0.25) is 0 Å². The average Bonchev–Trinajstić information content (AvgIpc) is 2.88. The number of aliphatic carboxylic acids is 1. The Morgan fingerprint density at radius 2 is 1.16 bits per heavy atom. The molecule has 1 unspecified atom stereocenters. The molecule has 214 valence electrons. The maximum Gasteiger partial charge on any atom is 0.306 e. The van der Waals surface area contributed by atoms with Crippen LogP contribution in [0.15, 0.2) is 36.5 Å². The Morgan fingerprint density at radius 3 is 1.78 bits per heavy atom. The van der Waals surface area contributed by atoms with E-state index in [1.165, 1.54) is 57.8 Å². The Hall–Kier alpha value is -1.84. The van der Waals surface area contributed by atoms with E-state index in [9.17, 15) is 9.59 Å². The van der Waals surface area contributed by atoms with E-state index in [-0.39, 0.29) is 18.5 Å². The molecule has 1 atom stereocenters. The number of carbonyl (C=O) groups excluding carboxylic acids is 1. The Bertz CT molecular complexity index is 605. The topological polar surface area (TPSA) is 63.6 Å². The lowest BCUT2D eigenvalue weighted by Crippen LogP contribution is -2.19. The molecular weight excluding hydrogens is 460 g/mol. The van der Waals surface area contributed by atoms with Crippen LogP contribution in [0, 0.1) is 0 Å². The molecule has 0 aromatic rings. The molecule has 4 heteroatoms. The summed E-state index contributed by atoms with van der Waals surface area (Å²) in [5.74, 6) is -0.980. The van der Waals surface area contributed by atoms with Gasteiger partial charge in [-0.25, -0.2) is 0 Å². The van der Waals surface area contributed by atoms with Crippen LogP contribution in [0.25, 0.3) is 0 Å². The zero-order valence-corrected chi connectivity index (χ0v) is 24.3. The Balaban J connectivity index is 3.83. The molecule has 0 rings (SSSR count). The van der Waals surface area contributed by atoms with Crippen molar-refractivity contribution in [2.75, 3.05) is 0 Å². The molecule has 0 aromatic carbocycles. The van der Waals surface area contributed by atoms with Crippen molar-refractivity contribution in [3.63, 3.8) is 0 Å². The van der Waals surface area contributed by atoms with Crippen LogP contribution in [-0.4, -0.2) is 23.1 Å². The van der Waals surface area contributed by atoms with Gasteiger partial charge in [0.1, 0.15) is 6.10 Å². The van der Waals surface area contributed by atoms with Gasteiger partial charge in [-0.1, -0.05) is 121 Å². The second-order valence-corrected chi connectivity index (χ2v) is 10.3. The quantitative estimate of drug-likeness (QED) is 0.0667. The van der Waals surface area contributed by atoms with Gasteiger partial charge in [-0.3, -0.25) is 9.59 Å². The number of carboxylic acids is 1. The second kappa shape index (κ2) is 28.7. The van der Waals surface area contributed by atoms with Gasteiger partial charge in [-0.15, -0.1) is 0 Å². The number of allylic oxidation sites excluding steroid dienone is 6. The Kier molecular flexibility index (Phi) is 27.3. The van der Waals surface area contributed by atoms with E-state index in [1.807, 2.05) is 0 Å². The fourth-order valence-corrected chi connectivity index (χ4v) is 4.36. The summed E-state index contributed by atoms with van der Waals surface area (Å²) < 4.78 is 5.67. The molecular formula is C33H58O4. The van der Waals surface area contributed by atoms with Crippen molar-refractivity contribution in [1.82, 2.24) is 0 Å². The fourth-order valence-electron chi connectivity index (χ4n) is 4.36. The van der Waals surface area contributed by atoms with Crippen molar-refractivity contribution in [2.24, 2.45) is 0 Å². The molecule has 37 heavy (non-hydrogen) atoms. The van der Waals surface area contributed by atoms with Gasteiger partial charge in [0.25, 0.3) is 0 Å². The van der Waals surface area contributed by atoms with Crippen molar-refractivity contribution in [2.45, 2.75) is 161 Å². The van der Waals surface area contributed by atoms with Crippen LogP contribution in [0.4, 0.5) is 0 Å². The van der Waals surface area contributed by atoms with Crippen molar-refractivity contribution < 1.29 is 19.4 Å². The number of unbranched alkanes of at least 4 members (excludes halogenated alkanes) is 13. The molecule has 0 bridgehead atoms. The van der Waals surface area contributed by atoms with Crippen LogP contribution in [0.1, 0.15) is 155 Å². The van der Waals surface area contributed by atoms with Crippen molar-refractivity contribution in [3.8, 4) is 0 Å². The summed E-state index contributed by atoms with van der Waals surface area (Å²) >= 11 is 0. The SMILES string of the molecule is CC/C=C\C/C=C\C/C=C\CCCCCCCC(=O)OC(CCCCCCCCCCC)CCC(=O)O. The fraction of sp³-hybridized carbons (Fsp3) is 0.758. The van der Waals surface area contributed by atoms with Crippen LogP contribution in [0.3, 0.4) is 0 Å². The first-order chi connectivity index (χ1) is 18.1. The summed E-state index contributed by atoms with van der Waals surface area (Å²) in [5, 5.41) is 9.03. The molecule has 0 radical (unpaired) electrons. The monoisotopic (exact) mass is 518 g/mol. The highest BCUT2D eigenvalue weighted by molar-refractivity contribution is 5.69. The molecule has 0 saturated heterocycles. The van der Waals surface area contributed by atoms with Crippen LogP contribution >= 0.6 is 0 Å². The molecule has 0 aliphatic carbocycles. The van der Waals surface area contributed by atoms with Crippen molar-refractivity contribution in [3.05, 3.63) is 36.5 Å². The van der Waals surface area contributed by atoms with Gasteiger partial charge in [0.05, 0.1) is 0 Å². The van der Waals surface area contributed by atoms with E-state index in [0.29, 0.717) is 12.8 Å². The minimum absolute atomic E-state index is 0.0659. The summed E-state index contributed by atoms with van der Waals surface area (Å²) in [6, 6.07) is 0. The number of esters is 1. The van der Waals surface area contributed by atoms with Gasteiger partial charge in [0.15, 0.2) is 0 Å². The highest BCUT2D eigenvalue weighted by Crippen LogP contribution is 2.17. The second-order valence-electron chi connectivity index (χ2n) is 10.3. The smallest absolute Gasteiger partial charge is 0.306 e. The predicted octanol–water partition coefficient (Wildman–Crippen LogP) is 10.3. The number of hydrogen-bond donors (Lipinski definition) is 1. The summed E-state index contributed by atoms with van der Waals surface area (Å²) in [6.45, 7) is 4.39. The number of carboxylic acid groups (broad SMARTS) is 1. The summed E-state index contributed by atoms with van der Waals surface area (Å²) in [4.78, 5) is 23.3. The number of hydrogen-bond acceptors (Lipinski definition) is 3. The lowest BCUT2D eigenvalue weighted by atomic mass is 10.0. The molecule has 0 aliphatic rings. The van der Waals surface area contributed by atoms with E-state index in [0.717, 1.165) is 64.2 Å². The largest absolute Gasteiger partial charge is 0.481 e. The average molecular weight is 519 g/mol. The Morgan fingerprint density at radius 1 is 0.622 bits per heavy atom. The number of ether oxygens (including phenoxy) is 1. The standard InChI is InChI=1S/C33H58O4/c1-3-5-7-9-11-13-14-15-16-17-18-20-22-24-26-28-33(36)37-31(29-30-32(34)35)27-25-23-21-19-12-10-8-6-4-2/h5,7,11,13,15-16,31H,3-4,6,8-10,12,14,17-30H2,1-2H3,(H,34,35)/b7-5-,13-11-,16-15-. The summed E-state index contributed by atoms with van der Waals surface area (Å²) in [5.41, 5.74) is 0. The highest BCUT2D eigenvalue weighted by Gasteiger charge is 2.15. The first kappa shape index (κ1) is 35.2. The third-order valence-electron chi connectivity index (χ3n) is 6.64. The predicted molar refractivity (Wildman–Crippen MR) is 158 cm³/mol. The first-order valence-electron chi connectivity index (χ1n) is 15.5. The lowest BCUT2D eigenvalue weighted by molar-refractivity contribution is -0.151. The van der Waals surface area contributed by atoms with Gasteiger partial charge < -0.3 is 9.84 Å². The normalized spacial score (nSPS) is 12.7. The number of carbonyl (C=O) groups is 2. The molecule has 0 saturated carbocycles. The van der Waals surface area contributed by atoms with Crippen molar-refractivity contribution in [1.29, 1.82) is 0 Å². The van der Waals surface area contributed by atoms with Crippen LogP contribution in [0.2, 0.25) is 0 Å². The minimum atomic E-state index is -0.820. The highest BCUT2D eigenvalue weighted by atomic mass is 16.5. The Labute approximate surface area is 229 Å². The van der Waals surface area contributed by atoms with E-state index in [4.69, 9.17) is 9.84 Å². The molecule has 0 amide bonds. The molecule has 1 N–H and O–H groups in total. The zero-order valence-electron chi connectivity index (χ0n) is 24.3. The lowest BCUT2D eigenvalue weighted by Gasteiger charge is -2.17. The van der Waals surface area contributed by atoms with E-state index in [1.54, 1.807) is 0 Å². The minimum Gasteiger partial charge on any atom is -0.481 e. The summed E-state index contributed by atoms with van der Waals surface area (Å²) in [7, 11) is 0. The van der Waals surface area contributed by atoms with E-state index >= 15 is 0 Å². The third kappa shape index (κ3) is 28.6. The van der Waals surface area contributed by atoms with Gasteiger partial charge in [0, 0.05) is 12.8 Å². The van der Waals surface area contributed by atoms with E-state index < -0.39 is 5.97 Å². The molecule has 0 fully saturated rings. The summed E-state index contributed by atoms with van der Waals surface area (Å²) in [6.07, 6.45) is 35.8. The zero-order chi connectivity index (χ0) is 27.2. The van der Waals surface area contributed by atoms with Crippen molar-refractivity contribution >= 4 is 11.9 Å². The molecule has 0 spiro atoms. The first-order valence-corrected chi connectivity index (χ1v) is 15.5.